The number of rotatable bonds is 5. The molecule has 4 nitrogen and oxygen atoms in total. The Morgan fingerprint density at radius 2 is 2.05 bits per heavy atom. The van der Waals surface area contributed by atoms with Crippen LogP contribution in [0, 0.1) is 5.82 Å². The minimum Gasteiger partial charge on any atom is -0.243 e. The summed E-state index contributed by atoms with van der Waals surface area (Å²) < 4.78 is 39.6. The zero-order valence-corrected chi connectivity index (χ0v) is 12.9. The monoisotopic (exact) mass is 328 g/mol. The summed E-state index contributed by atoms with van der Waals surface area (Å²) in [7, 11) is -3.78. The van der Waals surface area contributed by atoms with E-state index in [4.69, 9.17) is 11.6 Å². The van der Waals surface area contributed by atoms with E-state index in [2.05, 4.69) is 4.98 Å². The molecule has 0 fully saturated rings. The van der Waals surface area contributed by atoms with Gasteiger partial charge in [-0.25, -0.2) is 17.8 Å². The molecule has 7 heteroatoms. The van der Waals surface area contributed by atoms with Crippen LogP contribution in [-0.2, 0) is 16.6 Å². The van der Waals surface area contributed by atoms with Crippen molar-refractivity contribution < 1.29 is 12.8 Å². The highest BCUT2D eigenvalue weighted by molar-refractivity contribution is 7.89. The Labute approximate surface area is 128 Å². The van der Waals surface area contributed by atoms with E-state index in [-0.39, 0.29) is 23.1 Å². The van der Waals surface area contributed by atoms with Crippen LogP contribution in [-0.4, -0.2) is 24.3 Å². The highest BCUT2D eigenvalue weighted by Gasteiger charge is 2.26. The Bertz CT molecular complexity index is 737. The fourth-order valence-electron chi connectivity index (χ4n) is 1.91. The molecule has 0 bridgehead atoms. The van der Waals surface area contributed by atoms with Gasteiger partial charge in [0.2, 0.25) is 10.0 Å². The fourth-order valence-corrected chi connectivity index (χ4v) is 3.77. The lowest BCUT2D eigenvalue weighted by molar-refractivity contribution is 0.422. The van der Waals surface area contributed by atoms with Crippen molar-refractivity contribution in [2.75, 3.05) is 6.54 Å². The van der Waals surface area contributed by atoms with Gasteiger partial charge in [-0.05, 0) is 29.8 Å². The fraction of sp³-hybridized carbons (Fsp3) is 0.214. The van der Waals surface area contributed by atoms with Gasteiger partial charge in [0.15, 0.2) is 0 Å². The predicted octanol–water partition coefficient (Wildman–Crippen LogP) is 3.08. The number of benzene rings is 1. The van der Waals surface area contributed by atoms with Gasteiger partial charge in [-0.3, -0.25) is 0 Å². The van der Waals surface area contributed by atoms with E-state index in [0.29, 0.717) is 5.56 Å². The second kappa shape index (κ2) is 6.51. The maximum Gasteiger partial charge on any atom is 0.246 e. The first-order chi connectivity index (χ1) is 9.95. The molecule has 1 aromatic heterocycles. The van der Waals surface area contributed by atoms with Crippen LogP contribution in [0.2, 0.25) is 5.15 Å². The summed E-state index contributed by atoms with van der Waals surface area (Å²) in [6.45, 7) is 2.02. The van der Waals surface area contributed by atoms with Crippen LogP contribution >= 0.6 is 11.6 Å². The third-order valence-corrected chi connectivity index (χ3v) is 5.31. The molecule has 1 heterocycles. The summed E-state index contributed by atoms with van der Waals surface area (Å²) in [5, 5.41) is -0.0739. The number of sulfonamides is 1. The van der Waals surface area contributed by atoms with E-state index >= 15 is 0 Å². The Balaban J connectivity index is 2.35. The van der Waals surface area contributed by atoms with Crippen LogP contribution < -0.4 is 0 Å². The Hall–Kier alpha value is -1.50. The first-order valence-electron chi connectivity index (χ1n) is 6.30. The number of hydrogen-bond acceptors (Lipinski definition) is 3. The average molecular weight is 329 g/mol. The topological polar surface area (TPSA) is 50.3 Å². The molecule has 0 saturated heterocycles. The molecule has 2 aromatic rings. The summed E-state index contributed by atoms with van der Waals surface area (Å²) in [4.78, 5) is 3.73. The van der Waals surface area contributed by atoms with E-state index in [0.717, 1.165) is 0 Å². The molecule has 0 aliphatic rings. The number of hydrogen-bond donors (Lipinski definition) is 0. The van der Waals surface area contributed by atoms with Crippen LogP contribution in [0.5, 0.6) is 0 Å². The largest absolute Gasteiger partial charge is 0.246 e. The molecule has 0 aliphatic heterocycles. The minimum absolute atomic E-state index is 0.0510. The van der Waals surface area contributed by atoms with Gasteiger partial charge in [0.1, 0.15) is 15.9 Å². The molecular weight excluding hydrogens is 315 g/mol. The number of halogens is 2. The average Bonchev–Trinajstić information content (AvgIpc) is 2.45. The molecule has 2 rings (SSSR count). The van der Waals surface area contributed by atoms with Crippen LogP contribution in [0.4, 0.5) is 4.39 Å². The van der Waals surface area contributed by atoms with Gasteiger partial charge in [0.25, 0.3) is 0 Å². The van der Waals surface area contributed by atoms with Crippen molar-refractivity contribution in [3.05, 3.63) is 59.1 Å². The maximum atomic E-state index is 13.2. The summed E-state index contributed by atoms with van der Waals surface area (Å²) in [5.74, 6) is -0.402. The SMILES string of the molecule is CCN(Cc1cccc(F)c1)S(=O)(=O)c1cccnc1Cl. The van der Waals surface area contributed by atoms with E-state index < -0.39 is 15.8 Å². The molecule has 112 valence electrons. The van der Waals surface area contributed by atoms with Crippen molar-refractivity contribution in [2.24, 2.45) is 0 Å². The molecule has 0 unspecified atom stereocenters. The quantitative estimate of drug-likeness (QED) is 0.792. The molecule has 0 amide bonds. The van der Waals surface area contributed by atoms with Crippen molar-refractivity contribution in [1.29, 1.82) is 0 Å². The van der Waals surface area contributed by atoms with Crippen LogP contribution in [0.15, 0.2) is 47.5 Å². The lowest BCUT2D eigenvalue weighted by Gasteiger charge is -2.21. The van der Waals surface area contributed by atoms with Gasteiger partial charge in [-0.15, -0.1) is 0 Å². The zero-order chi connectivity index (χ0) is 15.5. The molecule has 0 N–H and O–H groups in total. The zero-order valence-electron chi connectivity index (χ0n) is 11.3. The summed E-state index contributed by atoms with van der Waals surface area (Å²) >= 11 is 5.86. The molecule has 0 radical (unpaired) electrons. The van der Waals surface area contributed by atoms with Gasteiger partial charge in [0, 0.05) is 19.3 Å². The molecule has 1 aromatic carbocycles. The lowest BCUT2D eigenvalue weighted by Crippen LogP contribution is -2.30. The predicted molar refractivity (Wildman–Crippen MR) is 78.9 cm³/mol. The van der Waals surface area contributed by atoms with E-state index in [9.17, 15) is 12.8 Å². The van der Waals surface area contributed by atoms with E-state index in [1.54, 1.807) is 19.1 Å². The minimum atomic E-state index is -3.78. The molecule has 0 saturated carbocycles. The second-order valence-electron chi connectivity index (χ2n) is 4.35. The molecular formula is C14H14ClFN2O2S. The number of nitrogens with zero attached hydrogens (tertiary/aromatic N) is 2. The van der Waals surface area contributed by atoms with Crippen molar-refractivity contribution in [3.63, 3.8) is 0 Å². The van der Waals surface area contributed by atoms with E-state index in [1.807, 2.05) is 0 Å². The molecule has 0 spiro atoms. The van der Waals surface area contributed by atoms with Gasteiger partial charge in [-0.1, -0.05) is 30.7 Å². The van der Waals surface area contributed by atoms with Gasteiger partial charge in [0.05, 0.1) is 0 Å². The molecule has 21 heavy (non-hydrogen) atoms. The number of aromatic nitrogens is 1. The molecule has 0 atom stereocenters. The standard InChI is InChI=1S/C14H14ClFN2O2S/c1-2-18(10-11-5-3-6-12(16)9-11)21(19,20)13-7-4-8-17-14(13)15/h3-9H,2,10H2,1H3. The Morgan fingerprint density at radius 3 is 2.67 bits per heavy atom. The van der Waals surface area contributed by atoms with Gasteiger partial charge in [-0.2, -0.15) is 4.31 Å². The van der Waals surface area contributed by atoms with Crippen molar-refractivity contribution in [2.45, 2.75) is 18.4 Å². The van der Waals surface area contributed by atoms with Crippen molar-refractivity contribution in [1.82, 2.24) is 9.29 Å². The van der Waals surface area contributed by atoms with Gasteiger partial charge < -0.3 is 0 Å². The summed E-state index contributed by atoms with van der Waals surface area (Å²) in [6, 6.07) is 8.75. The highest BCUT2D eigenvalue weighted by atomic mass is 35.5. The Morgan fingerprint density at radius 1 is 1.29 bits per heavy atom. The normalized spacial score (nSPS) is 11.8. The summed E-state index contributed by atoms with van der Waals surface area (Å²) in [6.07, 6.45) is 1.42. The van der Waals surface area contributed by atoms with Crippen molar-refractivity contribution >= 4 is 21.6 Å². The second-order valence-corrected chi connectivity index (χ2v) is 6.62. The highest BCUT2D eigenvalue weighted by Crippen LogP contribution is 2.23. The molecule has 0 aliphatic carbocycles. The third-order valence-electron chi connectivity index (χ3n) is 2.94. The Kier molecular flexibility index (Phi) is 4.92. The first kappa shape index (κ1) is 15.9. The van der Waals surface area contributed by atoms with Crippen LogP contribution in [0.3, 0.4) is 0 Å². The van der Waals surface area contributed by atoms with Crippen LogP contribution in [0.1, 0.15) is 12.5 Å². The smallest absolute Gasteiger partial charge is 0.243 e. The van der Waals surface area contributed by atoms with Gasteiger partial charge >= 0.3 is 0 Å². The summed E-state index contributed by atoms with van der Waals surface area (Å²) in [5.41, 5.74) is 0.570. The van der Waals surface area contributed by atoms with Crippen molar-refractivity contribution in [3.8, 4) is 0 Å². The van der Waals surface area contributed by atoms with Crippen LogP contribution in [0.25, 0.3) is 0 Å². The van der Waals surface area contributed by atoms with E-state index in [1.165, 1.54) is 34.8 Å². The lowest BCUT2D eigenvalue weighted by atomic mass is 10.2. The number of pyridine rings is 1. The third kappa shape index (κ3) is 3.58. The first-order valence-corrected chi connectivity index (χ1v) is 8.12. The maximum absolute atomic E-state index is 13.2.